The number of aromatic amines is 1. The van der Waals surface area contributed by atoms with Crippen LogP contribution >= 0.6 is 12.6 Å². The summed E-state index contributed by atoms with van der Waals surface area (Å²) in [5, 5.41) is 0. The molecular formula is C7H7N3S. The summed E-state index contributed by atoms with van der Waals surface area (Å²) in [4.78, 5) is 7.78. The Morgan fingerprint density at radius 2 is 2.27 bits per heavy atom. The van der Waals surface area contributed by atoms with Crippen LogP contribution in [0.3, 0.4) is 0 Å². The summed E-state index contributed by atoms with van der Waals surface area (Å²) in [5.74, 6) is 0. The van der Waals surface area contributed by atoms with E-state index in [-0.39, 0.29) is 0 Å². The molecule has 0 amide bonds. The van der Waals surface area contributed by atoms with Crippen molar-refractivity contribution >= 4 is 29.3 Å². The first-order valence-electron chi connectivity index (χ1n) is 3.19. The van der Waals surface area contributed by atoms with Crippen molar-refractivity contribution in [1.82, 2.24) is 9.97 Å². The van der Waals surface area contributed by atoms with Gasteiger partial charge in [0.1, 0.15) is 5.52 Å². The van der Waals surface area contributed by atoms with Crippen LogP contribution in [0.4, 0.5) is 5.69 Å². The predicted molar refractivity (Wildman–Crippen MR) is 47.8 cm³/mol. The highest BCUT2D eigenvalue weighted by Crippen LogP contribution is 2.24. The SMILES string of the molecule is Nc1ccc2[nH]cnc2c1S. The Kier molecular flexibility index (Phi) is 1.29. The van der Waals surface area contributed by atoms with Crippen LogP contribution in [-0.4, -0.2) is 9.97 Å². The van der Waals surface area contributed by atoms with Crippen LogP contribution in [0, 0.1) is 0 Å². The van der Waals surface area contributed by atoms with Crippen LogP contribution in [0.2, 0.25) is 0 Å². The average molecular weight is 165 g/mol. The molecule has 3 nitrogen and oxygen atoms in total. The molecule has 0 radical (unpaired) electrons. The molecule has 2 rings (SSSR count). The van der Waals surface area contributed by atoms with Gasteiger partial charge in [-0.05, 0) is 12.1 Å². The zero-order chi connectivity index (χ0) is 7.84. The van der Waals surface area contributed by atoms with Gasteiger partial charge in [0.2, 0.25) is 0 Å². The predicted octanol–water partition coefficient (Wildman–Crippen LogP) is 1.43. The summed E-state index contributed by atoms with van der Waals surface area (Å²) < 4.78 is 0. The lowest BCUT2D eigenvalue weighted by Gasteiger charge is -1.97. The number of benzene rings is 1. The van der Waals surface area contributed by atoms with Gasteiger partial charge in [-0.1, -0.05) is 0 Å². The number of hydrogen-bond acceptors (Lipinski definition) is 3. The molecule has 1 aromatic heterocycles. The first kappa shape index (κ1) is 6.54. The second-order valence-electron chi connectivity index (χ2n) is 2.30. The van der Waals surface area contributed by atoms with E-state index in [1.807, 2.05) is 12.1 Å². The van der Waals surface area contributed by atoms with Gasteiger partial charge >= 0.3 is 0 Å². The van der Waals surface area contributed by atoms with Gasteiger partial charge in [0, 0.05) is 5.69 Å². The van der Waals surface area contributed by atoms with E-state index in [1.54, 1.807) is 6.33 Å². The minimum absolute atomic E-state index is 0.660. The van der Waals surface area contributed by atoms with Crippen molar-refractivity contribution in [3.63, 3.8) is 0 Å². The summed E-state index contributed by atoms with van der Waals surface area (Å²) in [7, 11) is 0. The quantitative estimate of drug-likeness (QED) is 0.408. The fourth-order valence-corrected chi connectivity index (χ4v) is 1.26. The summed E-state index contributed by atoms with van der Waals surface area (Å²) in [5.41, 5.74) is 8.06. The Labute approximate surface area is 69.0 Å². The van der Waals surface area contributed by atoms with E-state index in [2.05, 4.69) is 22.6 Å². The molecule has 2 aromatic rings. The van der Waals surface area contributed by atoms with Gasteiger partial charge in [-0.3, -0.25) is 0 Å². The average Bonchev–Trinajstić information content (AvgIpc) is 2.45. The smallest absolute Gasteiger partial charge is 0.104 e. The van der Waals surface area contributed by atoms with Gasteiger partial charge < -0.3 is 10.7 Å². The molecule has 0 spiro atoms. The van der Waals surface area contributed by atoms with Gasteiger partial charge in [-0.15, -0.1) is 12.6 Å². The van der Waals surface area contributed by atoms with E-state index in [9.17, 15) is 0 Å². The lowest BCUT2D eigenvalue weighted by Crippen LogP contribution is -1.86. The van der Waals surface area contributed by atoms with Crippen LogP contribution in [0.1, 0.15) is 0 Å². The zero-order valence-electron chi connectivity index (χ0n) is 5.70. The third-order valence-electron chi connectivity index (χ3n) is 1.60. The monoisotopic (exact) mass is 165 g/mol. The molecule has 0 aliphatic rings. The summed E-state index contributed by atoms with van der Waals surface area (Å²) in [6.45, 7) is 0. The molecule has 1 heterocycles. The van der Waals surface area contributed by atoms with Gasteiger partial charge in [0.05, 0.1) is 16.7 Å². The number of aromatic nitrogens is 2. The molecule has 0 saturated carbocycles. The van der Waals surface area contributed by atoms with Crippen molar-refractivity contribution < 1.29 is 0 Å². The van der Waals surface area contributed by atoms with E-state index in [0.717, 1.165) is 15.9 Å². The minimum atomic E-state index is 0.660. The Hall–Kier alpha value is -1.16. The first-order valence-corrected chi connectivity index (χ1v) is 3.64. The maximum atomic E-state index is 5.61. The second-order valence-corrected chi connectivity index (χ2v) is 2.75. The van der Waals surface area contributed by atoms with Crippen molar-refractivity contribution in [3.05, 3.63) is 18.5 Å². The Balaban J connectivity index is 2.93. The van der Waals surface area contributed by atoms with E-state index < -0.39 is 0 Å². The summed E-state index contributed by atoms with van der Waals surface area (Å²) in [6, 6.07) is 3.69. The Bertz CT molecular complexity index is 393. The molecule has 0 bridgehead atoms. The van der Waals surface area contributed by atoms with Gasteiger partial charge in [-0.25, -0.2) is 4.98 Å². The third kappa shape index (κ3) is 0.867. The van der Waals surface area contributed by atoms with Crippen molar-refractivity contribution in [2.75, 3.05) is 5.73 Å². The van der Waals surface area contributed by atoms with E-state index in [1.165, 1.54) is 0 Å². The molecule has 56 valence electrons. The van der Waals surface area contributed by atoms with E-state index >= 15 is 0 Å². The molecule has 0 saturated heterocycles. The largest absolute Gasteiger partial charge is 0.398 e. The maximum Gasteiger partial charge on any atom is 0.104 e. The minimum Gasteiger partial charge on any atom is -0.398 e. The Morgan fingerprint density at radius 3 is 3.09 bits per heavy atom. The first-order chi connectivity index (χ1) is 5.29. The number of anilines is 1. The highest BCUT2D eigenvalue weighted by molar-refractivity contribution is 7.80. The van der Waals surface area contributed by atoms with Crippen LogP contribution in [-0.2, 0) is 0 Å². The van der Waals surface area contributed by atoms with Gasteiger partial charge in [-0.2, -0.15) is 0 Å². The normalized spacial score (nSPS) is 10.6. The van der Waals surface area contributed by atoms with Crippen LogP contribution in [0.15, 0.2) is 23.4 Å². The molecule has 1 aromatic carbocycles. The van der Waals surface area contributed by atoms with Gasteiger partial charge in [0.15, 0.2) is 0 Å². The molecule has 4 heteroatoms. The number of thiol groups is 1. The summed E-state index contributed by atoms with van der Waals surface area (Å²) >= 11 is 4.22. The lowest BCUT2D eigenvalue weighted by molar-refractivity contribution is 1.33. The number of nitrogens with two attached hydrogens (primary N) is 1. The number of imidazole rings is 1. The van der Waals surface area contributed by atoms with Crippen molar-refractivity contribution in [1.29, 1.82) is 0 Å². The number of H-pyrrole nitrogens is 1. The molecule has 0 unspecified atom stereocenters. The summed E-state index contributed by atoms with van der Waals surface area (Å²) in [6.07, 6.45) is 1.63. The molecule has 0 aliphatic carbocycles. The highest BCUT2D eigenvalue weighted by Gasteiger charge is 2.02. The third-order valence-corrected chi connectivity index (χ3v) is 2.07. The van der Waals surface area contributed by atoms with Crippen LogP contribution in [0.5, 0.6) is 0 Å². The maximum absolute atomic E-state index is 5.61. The van der Waals surface area contributed by atoms with E-state index in [4.69, 9.17) is 5.73 Å². The standard InChI is InChI=1S/C7H7N3S/c8-4-1-2-5-6(7(4)11)10-3-9-5/h1-3,11H,8H2,(H,9,10). The van der Waals surface area contributed by atoms with E-state index in [0.29, 0.717) is 5.69 Å². The molecular weight excluding hydrogens is 158 g/mol. The molecule has 11 heavy (non-hydrogen) atoms. The number of fused-ring (bicyclic) bond motifs is 1. The molecule has 0 aliphatic heterocycles. The van der Waals surface area contributed by atoms with Crippen molar-refractivity contribution in [2.45, 2.75) is 4.90 Å². The van der Waals surface area contributed by atoms with Crippen LogP contribution < -0.4 is 5.73 Å². The van der Waals surface area contributed by atoms with Gasteiger partial charge in [0.25, 0.3) is 0 Å². The number of nitrogens with one attached hydrogen (secondary N) is 1. The molecule has 0 atom stereocenters. The highest BCUT2D eigenvalue weighted by atomic mass is 32.1. The van der Waals surface area contributed by atoms with Crippen molar-refractivity contribution in [2.24, 2.45) is 0 Å². The number of rotatable bonds is 0. The second kappa shape index (κ2) is 2.17. The van der Waals surface area contributed by atoms with Crippen LogP contribution in [0.25, 0.3) is 11.0 Å². The fraction of sp³-hybridized carbons (Fsp3) is 0. The zero-order valence-corrected chi connectivity index (χ0v) is 6.60. The number of nitrogen functional groups attached to an aromatic ring is 1. The fourth-order valence-electron chi connectivity index (χ4n) is 1.01. The molecule has 3 N–H and O–H groups in total. The number of nitrogens with zero attached hydrogens (tertiary/aromatic N) is 1. The molecule has 0 fully saturated rings. The lowest BCUT2D eigenvalue weighted by atomic mass is 10.3. The van der Waals surface area contributed by atoms with Crippen molar-refractivity contribution in [3.8, 4) is 0 Å². The Morgan fingerprint density at radius 1 is 1.45 bits per heavy atom. The topological polar surface area (TPSA) is 54.7 Å². The number of hydrogen-bond donors (Lipinski definition) is 3.